The first-order chi connectivity index (χ1) is 9.69. The number of hydrogen-bond donors (Lipinski definition) is 0. The van der Waals surface area contributed by atoms with Gasteiger partial charge in [0.05, 0.1) is 11.0 Å². The topological polar surface area (TPSA) is 21.1 Å². The molecular weight excluding hydrogens is 270 g/mol. The lowest BCUT2D eigenvalue weighted by atomic mass is 10.1. The second-order valence-corrected chi connectivity index (χ2v) is 6.32. The fourth-order valence-corrected chi connectivity index (χ4v) is 3.49. The van der Waals surface area contributed by atoms with E-state index < -0.39 is 0 Å². The van der Waals surface area contributed by atoms with Crippen molar-refractivity contribution >= 4 is 22.6 Å². The second kappa shape index (κ2) is 5.74. The molecule has 4 heteroatoms. The predicted molar refractivity (Wildman–Crippen MR) is 84.5 cm³/mol. The Hall–Kier alpha value is -1.06. The molecule has 0 aliphatic carbocycles. The highest BCUT2D eigenvalue weighted by Gasteiger charge is 2.22. The number of imidazole rings is 1. The number of nitrogens with zero attached hydrogens (tertiary/aromatic N) is 3. The van der Waals surface area contributed by atoms with E-state index in [0.29, 0.717) is 5.88 Å². The number of aryl methyl sites for hydroxylation is 2. The smallest absolute Gasteiger partial charge is 0.111 e. The van der Waals surface area contributed by atoms with Crippen LogP contribution in [0.2, 0.25) is 0 Å². The molecule has 1 unspecified atom stereocenters. The van der Waals surface area contributed by atoms with Crippen LogP contribution in [-0.2, 0) is 13.0 Å². The molecule has 0 radical (unpaired) electrons. The molecule has 2 heterocycles. The van der Waals surface area contributed by atoms with E-state index in [-0.39, 0.29) is 0 Å². The minimum absolute atomic E-state index is 0.632. The van der Waals surface area contributed by atoms with Crippen LogP contribution in [0.15, 0.2) is 18.2 Å². The van der Waals surface area contributed by atoms with E-state index in [0.717, 1.165) is 30.2 Å². The van der Waals surface area contributed by atoms with Gasteiger partial charge >= 0.3 is 0 Å². The summed E-state index contributed by atoms with van der Waals surface area (Å²) >= 11 is 5.95. The quantitative estimate of drug-likeness (QED) is 0.807. The lowest BCUT2D eigenvalue weighted by Crippen LogP contribution is -2.18. The van der Waals surface area contributed by atoms with Gasteiger partial charge in [-0.05, 0) is 44.5 Å². The van der Waals surface area contributed by atoms with E-state index in [1.807, 2.05) is 0 Å². The van der Waals surface area contributed by atoms with Crippen LogP contribution in [0.5, 0.6) is 0 Å². The third kappa shape index (κ3) is 2.57. The molecule has 1 aromatic heterocycles. The Kier molecular flexibility index (Phi) is 3.99. The van der Waals surface area contributed by atoms with Crippen LogP contribution >= 0.6 is 11.6 Å². The highest BCUT2D eigenvalue weighted by Crippen LogP contribution is 2.24. The SMILES string of the molecule is Cc1cccc2nc(CCCl)n(CC3CCN(C)C3)c12. The molecule has 0 saturated carbocycles. The van der Waals surface area contributed by atoms with Gasteiger partial charge in [0.1, 0.15) is 5.82 Å². The number of halogens is 1. The predicted octanol–water partition coefficient (Wildman–Crippen LogP) is 3.08. The van der Waals surface area contributed by atoms with Crippen LogP contribution in [0.25, 0.3) is 11.0 Å². The van der Waals surface area contributed by atoms with Crippen LogP contribution < -0.4 is 0 Å². The molecule has 1 aromatic carbocycles. The lowest BCUT2D eigenvalue weighted by molar-refractivity contribution is 0.378. The zero-order chi connectivity index (χ0) is 14.1. The standard InChI is InChI=1S/C16H22ClN3/c1-12-4-3-5-14-16(12)20(15(18-14)6-8-17)11-13-7-9-19(2)10-13/h3-5,13H,6-11H2,1-2H3. The maximum absolute atomic E-state index is 5.95. The maximum atomic E-state index is 5.95. The number of hydrogen-bond acceptors (Lipinski definition) is 2. The number of para-hydroxylation sites is 1. The Morgan fingerprint density at radius 2 is 2.25 bits per heavy atom. The van der Waals surface area contributed by atoms with Crippen molar-refractivity contribution < 1.29 is 0 Å². The summed E-state index contributed by atoms with van der Waals surface area (Å²) in [5, 5.41) is 0. The summed E-state index contributed by atoms with van der Waals surface area (Å²) < 4.78 is 2.41. The van der Waals surface area contributed by atoms with Gasteiger partial charge in [-0.1, -0.05) is 12.1 Å². The van der Waals surface area contributed by atoms with Gasteiger partial charge in [-0.25, -0.2) is 4.98 Å². The van der Waals surface area contributed by atoms with Gasteiger partial charge < -0.3 is 9.47 Å². The minimum atomic E-state index is 0.632. The Morgan fingerprint density at radius 1 is 1.40 bits per heavy atom. The highest BCUT2D eigenvalue weighted by molar-refractivity contribution is 6.17. The molecule has 1 saturated heterocycles. The molecule has 0 spiro atoms. The summed E-state index contributed by atoms with van der Waals surface area (Å²) in [5.74, 6) is 2.50. The van der Waals surface area contributed by atoms with Crippen molar-refractivity contribution in [1.29, 1.82) is 0 Å². The van der Waals surface area contributed by atoms with Crippen molar-refractivity contribution in [3.8, 4) is 0 Å². The van der Waals surface area contributed by atoms with Crippen molar-refractivity contribution in [3.05, 3.63) is 29.6 Å². The average Bonchev–Trinajstić information content (AvgIpc) is 2.96. The summed E-state index contributed by atoms with van der Waals surface area (Å²) in [5.41, 5.74) is 3.71. The maximum Gasteiger partial charge on any atom is 0.111 e. The molecule has 3 rings (SSSR count). The molecule has 1 aliphatic rings. The molecule has 1 fully saturated rings. The molecule has 2 aromatic rings. The van der Waals surface area contributed by atoms with Gasteiger partial charge in [-0.3, -0.25) is 0 Å². The van der Waals surface area contributed by atoms with E-state index in [1.54, 1.807) is 0 Å². The summed E-state index contributed by atoms with van der Waals surface area (Å²) in [4.78, 5) is 7.20. The van der Waals surface area contributed by atoms with Crippen molar-refractivity contribution in [1.82, 2.24) is 14.5 Å². The van der Waals surface area contributed by atoms with Gasteiger partial charge in [0.25, 0.3) is 0 Å². The van der Waals surface area contributed by atoms with E-state index >= 15 is 0 Å². The van der Waals surface area contributed by atoms with Gasteiger partial charge in [0.2, 0.25) is 0 Å². The molecule has 0 N–H and O–H groups in total. The van der Waals surface area contributed by atoms with E-state index in [9.17, 15) is 0 Å². The average molecular weight is 292 g/mol. The van der Waals surface area contributed by atoms with Crippen LogP contribution in [0.1, 0.15) is 17.8 Å². The monoisotopic (exact) mass is 291 g/mol. The zero-order valence-electron chi connectivity index (χ0n) is 12.3. The molecule has 108 valence electrons. The van der Waals surface area contributed by atoms with Crippen molar-refractivity contribution in [2.24, 2.45) is 5.92 Å². The van der Waals surface area contributed by atoms with Crippen LogP contribution in [-0.4, -0.2) is 40.5 Å². The molecule has 0 bridgehead atoms. The first kappa shape index (κ1) is 13.9. The van der Waals surface area contributed by atoms with E-state index in [2.05, 4.69) is 41.6 Å². The number of fused-ring (bicyclic) bond motifs is 1. The zero-order valence-corrected chi connectivity index (χ0v) is 13.0. The van der Waals surface area contributed by atoms with E-state index in [4.69, 9.17) is 16.6 Å². The van der Waals surface area contributed by atoms with Gasteiger partial charge in [0, 0.05) is 25.4 Å². The molecule has 3 nitrogen and oxygen atoms in total. The molecular formula is C16H22ClN3. The normalized spacial score (nSPS) is 20.1. The summed E-state index contributed by atoms with van der Waals surface area (Å²) in [6.45, 7) is 5.64. The fraction of sp³-hybridized carbons (Fsp3) is 0.562. The molecule has 1 aliphatic heterocycles. The van der Waals surface area contributed by atoms with Gasteiger partial charge in [0.15, 0.2) is 0 Å². The third-order valence-electron chi connectivity index (χ3n) is 4.30. The number of benzene rings is 1. The van der Waals surface area contributed by atoms with E-state index in [1.165, 1.54) is 30.6 Å². The first-order valence-electron chi connectivity index (χ1n) is 7.38. The Bertz CT molecular complexity index is 605. The van der Waals surface area contributed by atoms with Crippen LogP contribution in [0, 0.1) is 12.8 Å². The highest BCUT2D eigenvalue weighted by atomic mass is 35.5. The largest absolute Gasteiger partial charge is 0.327 e. The van der Waals surface area contributed by atoms with Crippen molar-refractivity contribution in [2.45, 2.75) is 26.3 Å². The number of alkyl halides is 1. The summed E-state index contributed by atoms with van der Waals surface area (Å²) in [6.07, 6.45) is 2.13. The summed E-state index contributed by atoms with van der Waals surface area (Å²) in [6, 6.07) is 6.37. The van der Waals surface area contributed by atoms with Gasteiger partial charge in [-0.15, -0.1) is 11.6 Å². The minimum Gasteiger partial charge on any atom is -0.327 e. The lowest BCUT2D eigenvalue weighted by Gasteiger charge is -2.15. The number of aromatic nitrogens is 2. The van der Waals surface area contributed by atoms with Crippen molar-refractivity contribution in [2.75, 3.05) is 26.0 Å². The van der Waals surface area contributed by atoms with Gasteiger partial charge in [-0.2, -0.15) is 0 Å². The molecule has 0 amide bonds. The van der Waals surface area contributed by atoms with Crippen LogP contribution in [0.4, 0.5) is 0 Å². The fourth-order valence-electron chi connectivity index (χ4n) is 3.32. The Labute approximate surface area is 125 Å². The number of rotatable bonds is 4. The van der Waals surface area contributed by atoms with Crippen molar-refractivity contribution in [3.63, 3.8) is 0 Å². The number of likely N-dealkylation sites (tertiary alicyclic amines) is 1. The molecule has 1 atom stereocenters. The van der Waals surface area contributed by atoms with Crippen LogP contribution in [0.3, 0.4) is 0 Å². The second-order valence-electron chi connectivity index (χ2n) is 5.94. The third-order valence-corrected chi connectivity index (χ3v) is 4.48. The summed E-state index contributed by atoms with van der Waals surface area (Å²) in [7, 11) is 2.21. The first-order valence-corrected chi connectivity index (χ1v) is 7.91. The Morgan fingerprint density at radius 3 is 2.95 bits per heavy atom. The molecule has 20 heavy (non-hydrogen) atoms. The Balaban J connectivity index is 1.99.